The second kappa shape index (κ2) is 6.38. The van der Waals surface area contributed by atoms with Crippen molar-refractivity contribution in [1.29, 1.82) is 0 Å². The predicted octanol–water partition coefficient (Wildman–Crippen LogP) is 3.53. The van der Waals surface area contributed by atoms with Crippen LogP contribution in [0.1, 0.15) is 50.0 Å². The second-order valence-electron chi connectivity index (χ2n) is 8.58. The highest BCUT2D eigenvalue weighted by atomic mass is 16.2. The van der Waals surface area contributed by atoms with Crippen LogP contribution in [0.2, 0.25) is 0 Å². The summed E-state index contributed by atoms with van der Waals surface area (Å²) in [5.41, 5.74) is 8.48. The van der Waals surface area contributed by atoms with Gasteiger partial charge in [0.15, 0.2) is 0 Å². The molecule has 7 rings (SSSR count). The number of nitrogens with zero attached hydrogens (tertiary/aromatic N) is 1. The van der Waals surface area contributed by atoms with Crippen LogP contribution in [0.4, 0.5) is 0 Å². The van der Waals surface area contributed by atoms with Crippen molar-refractivity contribution < 1.29 is 14.4 Å². The minimum absolute atomic E-state index is 0.180. The smallest absolute Gasteiger partial charge is 0.270 e. The van der Waals surface area contributed by atoms with Crippen LogP contribution in [0.5, 0.6) is 0 Å². The van der Waals surface area contributed by atoms with E-state index in [4.69, 9.17) is 0 Å². The molecule has 1 heterocycles. The third-order valence-corrected chi connectivity index (χ3v) is 6.98. The molecular weight excluding hydrogens is 388 g/mol. The van der Waals surface area contributed by atoms with E-state index in [-0.39, 0.29) is 23.7 Å². The van der Waals surface area contributed by atoms with Gasteiger partial charge in [0.05, 0.1) is 11.8 Å². The number of hydrogen-bond donors (Lipinski definition) is 1. The normalized spacial score (nSPS) is 25.1. The molecule has 3 aliphatic carbocycles. The molecule has 0 aromatic heterocycles. The number of hydrazine groups is 1. The lowest BCUT2D eigenvalue weighted by Gasteiger charge is -2.45. The van der Waals surface area contributed by atoms with Crippen LogP contribution in [-0.4, -0.2) is 22.7 Å². The molecule has 1 N–H and O–H groups in total. The Kier molecular flexibility index (Phi) is 3.72. The number of imide groups is 1. The molecule has 3 aromatic rings. The standard InChI is InChI=1S/C26H20N2O3/c1-14-10-12-15(13-11-14)24(29)27-28-25(30)22-20-16-6-2-3-7-17(16)21(23(22)26(28)31)19-9-5-4-8-18(19)20/h2-13,20-23H,1H3,(H,27,29)/t20?,21?,22-,23-/m1/s1. The summed E-state index contributed by atoms with van der Waals surface area (Å²) in [4.78, 5) is 39.7. The molecule has 2 bridgehead atoms. The lowest BCUT2D eigenvalue weighted by molar-refractivity contribution is -0.142. The van der Waals surface area contributed by atoms with Gasteiger partial charge in [-0.2, -0.15) is 5.01 Å². The van der Waals surface area contributed by atoms with Crippen molar-refractivity contribution in [2.45, 2.75) is 18.8 Å². The predicted molar refractivity (Wildman–Crippen MR) is 114 cm³/mol. The maximum Gasteiger partial charge on any atom is 0.270 e. The Balaban J connectivity index is 1.41. The van der Waals surface area contributed by atoms with E-state index in [9.17, 15) is 14.4 Å². The molecule has 5 nitrogen and oxygen atoms in total. The fourth-order valence-corrected chi connectivity index (χ4v) is 5.66. The summed E-state index contributed by atoms with van der Waals surface area (Å²) in [6.07, 6.45) is 0. The first kappa shape index (κ1) is 18.1. The zero-order valence-electron chi connectivity index (χ0n) is 16.9. The number of benzene rings is 3. The second-order valence-corrected chi connectivity index (χ2v) is 8.58. The molecule has 3 aromatic carbocycles. The van der Waals surface area contributed by atoms with Crippen molar-refractivity contribution >= 4 is 17.7 Å². The molecule has 3 amide bonds. The van der Waals surface area contributed by atoms with Crippen molar-refractivity contribution in [2.75, 3.05) is 0 Å². The summed E-state index contributed by atoms with van der Waals surface area (Å²) in [6, 6.07) is 23.2. The first-order valence-electron chi connectivity index (χ1n) is 10.5. The van der Waals surface area contributed by atoms with E-state index in [2.05, 4.69) is 29.7 Å². The van der Waals surface area contributed by atoms with E-state index in [0.29, 0.717) is 5.56 Å². The summed E-state index contributed by atoms with van der Waals surface area (Å²) in [5, 5.41) is 0.968. The van der Waals surface area contributed by atoms with Gasteiger partial charge in [-0.15, -0.1) is 0 Å². The van der Waals surface area contributed by atoms with Crippen molar-refractivity contribution in [3.05, 3.63) is 106 Å². The van der Waals surface area contributed by atoms with Crippen molar-refractivity contribution in [3.63, 3.8) is 0 Å². The lowest BCUT2D eigenvalue weighted by Crippen LogP contribution is -2.46. The molecule has 1 aliphatic heterocycles. The van der Waals surface area contributed by atoms with Gasteiger partial charge in [0.25, 0.3) is 17.7 Å². The van der Waals surface area contributed by atoms with Crippen molar-refractivity contribution in [3.8, 4) is 0 Å². The van der Waals surface area contributed by atoms with E-state index in [1.807, 2.05) is 43.3 Å². The number of aryl methyl sites for hydroxylation is 1. The Labute approximate surface area is 179 Å². The molecule has 0 radical (unpaired) electrons. The van der Waals surface area contributed by atoms with E-state index in [1.54, 1.807) is 12.1 Å². The quantitative estimate of drug-likeness (QED) is 0.660. The number of nitrogens with one attached hydrogen (secondary N) is 1. The summed E-state index contributed by atoms with van der Waals surface area (Å²) in [7, 11) is 0. The van der Waals surface area contributed by atoms with Gasteiger partial charge in [-0.3, -0.25) is 19.8 Å². The maximum atomic E-state index is 13.5. The highest BCUT2D eigenvalue weighted by Crippen LogP contribution is 2.60. The van der Waals surface area contributed by atoms with Crippen molar-refractivity contribution in [2.24, 2.45) is 11.8 Å². The molecule has 152 valence electrons. The van der Waals surface area contributed by atoms with Gasteiger partial charge in [-0.05, 0) is 41.3 Å². The highest BCUT2D eigenvalue weighted by Gasteiger charge is 2.62. The molecule has 0 saturated carbocycles. The summed E-state index contributed by atoms with van der Waals surface area (Å²) in [5.74, 6) is -2.46. The molecule has 5 heteroatoms. The van der Waals surface area contributed by atoms with E-state index in [0.717, 1.165) is 32.8 Å². The molecule has 1 fully saturated rings. The van der Waals surface area contributed by atoms with Crippen LogP contribution in [0.25, 0.3) is 0 Å². The summed E-state index contributed by atoms with van der Waals surface area (Å²) < 4.78 is 0. The fourth-order valence-electron chi connectivity index (χ4n) is 5.66. The van der Waals surface area contributed by atoms with Gasteiger partial charge < -0.3 is 0 Å². The highest BCUT2D eigenvalue weighted by molar-refractivity contribution is 6.09. The van der Waals surface area contributed by atoms with E-state index >= 15 is 0 Å². The van der Waals surface area contributed by atoms with Crippen LogP contribution >= 0.6 is 0 Å². The summed E-state index contributed by atoms with van der Waals surface area (Å²) in [6.45, 7) is 1.94. The van der Waals surface area contributed by atoms with Crippen molar-refractivity contribution in [1.82, 2.24) is 10.4 Å². The monoisotopic (exact) mass is 408 g/mol. The zero-order valence-corrected chi connectivity index (χ0v) is 16.9. The van der Waals surface area contributed by atoms with Gasteiger partial charge in [-0.1, -0.05) is 66.2 Å². The van der Waals surface area contributed by atoms with Crippen LogP contribution in [-0.2, 0) is 9.59 Å². The van der Waals surface area contributed by atoms with E-state index < -0.39 is 17.7 Å². The lowest BCUT2D eigenvalue weighted by atomic mass is 9.55. The number of rotatable bonds is 2. The topological polar surface area (TPSA) is 66.5 Å². The Morgan fingerprint density at radius 1 is 0.710 bits per heavy atom. The first-order chi connectivity index (χ1) is 15.1. The van der Waals surface area contributed by atoms with Crippen LogP contribution in [0.3, 0.4) is 0 Å². The minimum atomic E-state index is -0.499. The first-order valence-corrected chi connectivity index (χ1v) is 10.5. The molecule has 4 aliphatic rings. The van der Waals surface area contributed by atoms with Gasteiger partial charge in [-0.25, -0.2) is 0 Å². The molecule has 2 atom stereocenters. The fraction of sp³-hybridized carbons (Fsp3) is 0.192. The number of amides is 3. The van der Waals surface area contributed by atoms with Crippen LogP contribution < -0.4 is 5.43 Å². The van der Waals surface area contributed by atoms with Gasteiger partial charge in [0.1, 0.15) is 0 Å². The minimum Gasteiger partial charge on any atom is -0.272 e. The van der Waals surface area contributed by atoms with Crippen LogP contribution in [0, 0.1) is 18.8 Å². The average molecular weight is 408 g/mol. The molecular formula is C26H20N2O3. The molecule has 31 heavy (non-hydrogen) atoms. The van der Waals surface area contributed by atoms with Crippen LogP contribution in [0.15, 0.2) is 72.8 Å². The SMILES string of the molecule is Cc1ccc(C(=O)NN2C(=O)[C@@H]3C4c5ccccc5C(c5ccccc54)[C@H]3C2=O)cc1. The van der Waals surface area contributed by atoms with Gasteiger partial charge in [0, 0.05) is 17.4 Å². The largest absolute Gasteiger partial charge is 0.272 e. The molecule has 0 unspecified atom stereocenters. The van der Waals surface area contributed by atoms with Gasteiger partial charge in [0.2, 0.25) is 0 Å². The van der Waals surface area contributed by atoms with E-state index in [1.165, 1.54) is 0 Å². The maximum absolute atomic E-state index is 13.5. The Hall–Kier alpha value is -3.73. The zero-order chi connectivity index (χ0) is 21.3. The summed E-state index contributed by atoms with van der Waals surface area (Å²) >= 11 is 0. The van der Waals surface area contributed by atoms with Gasteiger partial charge >= 0.3 is 0 Å². The molecule has 1 saturated heterocycles. The number of carbonyl (C=O) groups is 3. The molecule has 0 spiro atoms. The Morgan fingerprint density at radius 3 is 1.55 bits per heavy atom. The third kappa shape index (κ3) is 2.40. The number of hydrogen-bond acceptors (Lipinski definition) is 3. The number of carbonyl (C=O) groups excluding carboxylic acids is 3. The average Bonchev–Trinajstić information content (AvgIpc) is 3.05. The Morgan fingerprint density at radius 2 is 1.13 bits per heavy atom. The third-order valence-electron chi connectivity index (χ3n) is 6.98. The Bertz CT molecular complexity index is 1150.